The van der Waals surface area contributed by atoms with Gasteiger partial charge in [0.05, 0.1) is 0 Å². The molecule has 21 heavy (non-hydrogen) atoms. The van der Waals surface area contributed by atoms with Crippen LogP contribution < -0.4 is 0 Å². The SMILES string of the molecule is Cc1ccc2c3c1C=CCC31CCCc3c(C)ccc-2c31. The third-order valence-corrected chi connectivity index (χ3v) is 6.04. The number of aryl methyl sites for hydroxylation is 2. The molecule has 0 saturated carbocycles. The lowest BCUT2D eigenvalue weighted by Gasteiger charge is -2.39. The summed E-state index contributed by atoms with van der Waals surface area (Å²) < 4.78 is 0. The van der Waals surface area contributed by atoms with Crippen molar-refractivity contribution in [1.82, 2.24) is 0 Å². The molecule has 0 amide bonds. The second-order valence-electron chi connectivity index (χ2n) is 7.04. The van der Waals surface area contributed by atoms with E-state index in [2.05, 4.69) is 50.3 Å². The van der Waals surface area contributed by atoms with Gasteiger partial charge in [0.1, 0.15) is 0 Å². The van der Waals surface area contributed by atoms with Crippen molar-refractivity contribution in [2.45, 2.75) is 44.9 Å². The molecule has 0 heteroatoms. The molecule has 2 aromatic rings. The van der Waals surface area contributed by atoms with Gasteiger partial charge in [-0.3, -0.25) is 0 Å². The van der Waals surface area contributed by atoms with Gasteiger partial charge in [-0.25, -0.2) is 0 Å². The maximum absolute atomic E-state index is 2.42. The van der Waals surface area contributed by atoms with E-state index < -0.39 is 0 Å². The van der Waals surface area contributed by atoms with Crippen molar-refractivity contribution in [1.29, 1.82) is 0 Å². The van der Waals surface area contributed by atoms with Gasteiger partial charge in [0.25, 0.3) is 0 Å². The van der Waals surface area contributed by atoms with E-state index in [0.717, 1.165) is 0 Å². The predicted octanol–water partition coefficient (Wildman–Crippen LogP) is 5.32. The van der Waals surface area contributed by atoms with Gasteiger partial charge in [0, 0.05) is 5.41 Å². The minimum absolute atomic E-state index is 0.292. The van der Waals surface area contributed by atoms with Crippen LogP contribution in [0.15, 0.2) is 30.3 Å². The third-order valence-electron chi connectivity index (χ3n) is 6.04. The summed E-state index contributed by atoms with van der Waals surface area (Å²) in [7, 11) is 0. The predicted molar refractivity (Wildman–Crippen MR) is 88.7 cm³/mol. The standard InChI is InChI=1S/C21H20/c1-13-7-9-17-18-10-8-14(2)16-6-4-12-21(20(16)18)11-3-5-15(13)19(17)21/h3,5,7-10H,4,6,11-12H2,1-2H3. The van der Waals surface area contributed by atoms with Crippen LogP contribution in [0.3, 0.4) is 0 Å². The molecule has 1 unspecified atom stereocenters. The lowest BCUT2D eigenvalue weighted by Crippen LogP contribution is -2.32. The van der Waals surface area contributed by atoms with Crippen molar-refractivity contribution in [2.24, 2.45) is 0 Å². The van der Waals surface area contributed by atoms with Gasteiger partial charge in [-0.05, 0) is 84.0 Å². The molecule has 0 N–H and O–H groups in total. The van der Waals surface area contributed by atoms with Crippen molar-refractivity contribution in [2.75, 3.05) is 0 Å². The Labute approximate surface area is 126 Å². The van der Waals surface area contributed by atoms with Gasteiger partial charge in [-0.15, -0.1) is 0 Å². The van der Waals surface area contributed by atoms with Crippen molar-refractivity contribution >= 4 is 6.08 Å². The van der Waals surface area contributed by atoms with Gasteiger partial charge in [-0.2, -0.15) is 0 Å². The maximum Gasteiger partial charge on any atom is 0.0258 e. The van der Waals surface area contributed by atoms with Crippen LogP contribution in [-0.2, 0) is 11.8 Å². The highest BCUT2D eigenvalue weighted by molar-refractivity contribution is 5.88. The van der Waals surface area contributed by atoms with E-state index in [4.69, 9.17) is 0 Å². The Kier molecular flexibility index (Phi) is 2.07. The van der Waals surface area contributed by atoms with E-state index in [1.165, 1.54) is 53.5 Å². The fourth-order valence-electron chi connectivity index (χ4n) is 5.15. The van der Waals surface area contributed by atoms with Crippen LogP contribution in [0.1, 0.15) is 52.6 Å². The molecule has 3 aliphatic rings. The molecule has 2 aromatic carbocycles. The van der Waals surface area contributed by atoms with E-state index in [1.807, 2.05) is 0 Å². The number of benzene rings is 2. The van der Waals surface area contributed by atoms with Crippen LogP contribution in [0.2, 0.25) is 0 Å². The molecule has 1 atom stereocenters. The quantitative estimate of drug-likeness (QED) is 0.608. The van der Waals surface area contributed by atoms with Crippen molar-refractivity contribution in [3.05, 3.63) is 63.7 Å². The minimum Gasteiger partial charge on any atom is -0.0827 e. The van der Waals surface area contributed by atoms with E-state index in [9.17, 15) is 0 Å². The second kappa shape index (κ2) is 3.68. The highest BCUT2D eigenvalue weighted by Crippen LogP contribution is 2.60. The van der Waals surface area contributed by atoms with Crippen LogP contribution >= 0.6 is 0 Å². The molecule has 0 fully saturated rings. The summed E-state index contributed by atoms with van der Waals surface area (Å²) in [5.74, 6) is 0. The van der Waals surface area contributed by atoms with Crippen LogP contribution in [-0.4, -0.2) is 0 Å². The first kappa shape index (κ1) is 11.8. The number of rotatable bonds is 0. The van der Waals surface area contributed by atoms with Crippen LogP contribution in [0.5, 0.6) is 0 Å². The first-order chi connectivity index (χ1) is 10.2. The average Bonchev–Trinajstić information content (AvgIpc) is 2.79. The van der Waals surface area contributed by atoms with E-state index >= 15 is 0 Å². The van der Waals surface area contributed by atoms with Crippen LogP contribution in [0.25, 0.3) is 17.2 Å². The molecule has 3 aliphatic carbocycles. The molecular formula is C21H20. The summed E-state index contributed by atoms with van der Waals surface area (Å²) in [4.78, 5) is 0. The number of hydrogen-bond donors (Lipinski definition) is 0. The smallest absolute Gasteiger partial charge is 0.0258 e. The van der Waals surface area contributed by atoms with Crippen molar-refractivity contribution in [3.8, 4) is 11.1 Å². The van der Waals surface area contributed by atoms with E-state index in [-0.39, 0.29) is 0 Å². The first-order valence-electron chi connectivity index (χ1n) is 8.16. The Morgan fingerprint density at radius 1 is 0.905 bits per heavy atom. The van der Waals surface area contributed by atoms with Crippen molar-refractivity contribution in [3.63, 3.8) is 0 Å². The highest BCUT2D eigenvalue weighted by Gasteiger charge is 2.47. The fraction of sp³-hybridized carbons (Fsp3) is 0.333. The molecule has 0 aromatic heterocycles. The monoisotopic (exact) mass is 272 g/mol. The Balaban J connectivity index is 1.99. The van der Waals surface area contributed by atoms with Gasteiger partial charge in [-0.1, -0.05) is 36.4 Å². The molecule has 0 heterocycles. The lowest BCUT2D eigenvalue weighted by atomic mass is 9.63. The number of allylic oxidation sites excluding steroid dienone is 1. The molecule has 5 rings (SSSR count). The maximum atomic E-state index is 2.42. The molecule has 0 radical (unpaired) electrons. The summed E-state index contributed by atoms with van der Waals surface area (Å²) in [6.07, 6.45) is 9.91. The van der Waals surface area contributed by atoms with Gasteiger partial charge >= 0.3 is 0 Å². The molecule has 0 saturated heterocycles. The minimum atomic E-state index is 0.292. The molecule has 1 spiro atoms. The molecular weight excluding hydrogens is 252 g/mol. The lowest BCUT2D eigenvalue weighted by molar-refractivity contribution is 0.437. The Morgan fingerprint density at radius 3 is 2.52 bits per heavy atom. The number of hydrogen-bond acceptors (Lipinski definition) is 0. The van der Waals surface area contributed by atoms with Gasteiger partial charge in [0.2, 0.25) is 0 Å². The largest absolute Gasteiger partial charge is 0.0827 e. The van der Waals surface area contributed by atoms with E-state index in [1.54, 1.807) is 16.7 Å². The van der Waals surface area contributed by atoms with E-state index in [0.29, 0.717) is 5.41 Å². The molecule has 104 valence electrons. The topological polar surface area (TPSA) is 0 Å². The Hall–Kier alpha value is -1.82. The van der Waals surface area contributed by atoms with Gasteiger partial charge in [0.15, 0.2) is 0 Å². The highest BCUT2D eigenvalue weighted by atomic mass is 14.5. The zero-order valence-corrected chi connectivity index (χ0v) is 12.8. The summed E-state index contributed by atoms with van der Waals surface area (Å²) in [5.41, 5.74) is 12.7. The second-order valence-corrected chi connectivity index (χ2v) is 7.04. The summed E-state index contributed by atoms with van der Waals surface area (Å²) >= 11 is 0. The van der Waals surface area contributed by atoms with Crippen molar-refractivity contribution < 1.29 is 0 Å². The third kappa shape index (κ3) is 1.23. The Bertz CT molecular complexity index is 822. The molecule has 0 aliphatic heterocycles. The summed E-state index contributed by atoms with van der Waals surface area (Å²) in [6.45, 7) is 4.55. The number of fused-ring (bicyclic) bond motifs is 1. The normalized spacial score (nSPS) is 23.9. The van der Waals surface area contributed by atoms with Crippen LogP contribution in [0.4, 0.5) is 0 Å². The molecule has 0 nitrogen and oxygen atoms in total. The zero-order valence-electron chi connectivity index (χ0n) is 12.8. The first-order valence-corrected chi connectivity index (χ1v) is 8.16. The fourth-order valence-corrected chi connectivity index (χ4v) is 5.15. The summed E-state index contributed by atoms with van der Waals surface area (Å²) in [6, 6.07) is 9.40. The zero-order chi connectivity index (χ0) is 14.2. The average molecular weight is 272 g/mol. The summed E-state index contributed by atoms with van der Waals surface area (Å²) in [5, 5.41) is 0. The van der Waals surface area contributed by atoms with Gasteiger partial charge < -0.3 is 0 Å². The molecule has 0 bridgehead atoms. The van der Waals surface area contributed by atoms with Crippen LogP contribution in [0, 0.1) is 13.8 Å². The Morgan fingerprint density at radius 2 is 1.67 bits per heavy atom.